The van der Waals surface area contributed by atoms with Crippen LogP contribution in [0.1, 0.15) is 64.4 Å². The van der Waals surface area contributed by atoms with Gasteiger partial charge in [0.05, 0.1) is 0 Å². The van der Waals surface area contributed by atoms with Gasteiger partial charge in [0.25, 0.3) is 0 Å². The van der Waals surface area contributed by atoms with E-state index < -0.39 is 0 Å². The number of hydrogen-bond acceptors (Lipinski definition) is 2. The van der Waals surface area contributed by atoms with E-state index in [1.807, 2.05) is 0 Å². The van der Waals surface area contributed by atoms with Crippen LogP contribution in [0.5, 0.6) is 0 Å². The fraction of sp³-hybridized carbons (Fsp3) is 0.500. The van der Waals surface area contributed by atoms with E-state index in [2.05, 4.69) is 67.1 Å². The van der Waals surface area contributed by atoms with E-state index in [9.17, 15) is 0 Å². The van der Waals surface area contributed by atoms with Gasteiger partial charge in [0.1, 0.15) is 11.7 Å². The lowest BCUT2D eigenvalue weighted by Crippen LogP contribution is -2.27. The summed E-state index contributed by atoms with van der Waals surface area (Å²) in [4.78, 5) is 4.40. The Hall–Kier alpha value is -2.03. The predicted octanol–water partition coefficient (Wildman–Crippen LogP) is 5.34. The van der Waals surface area contributed by atoms with Crippen LogP contribution in [0.15, 0.2) is 59.4 Å². The summed E-state index contributed by atoms with van der Waals surface area (Å²) in [7, 11) is 0. The van der Waals surface area contributed by atoms with Crippen LogP contribution < -0.4 is 11.1 Å². The first-order chi connectivity index (χ1) is 12.2. The number of rotatable bonds is 12. The van der Waals surface area contributed by atoms with E-state index in [4.69, 9.17) is 5.73 Å². The molecule has 0 heterocycles. The molecule has 25 heavy (non-hydrogen) atoms. The lowest BCUT2D eigenvalue weighted by Gasteiger charge is -2.13. The number of aliphatic imine (C=N–C) groups is 1. The molecule has 0 radical (unpaired) electrons. The van der Waals surface area contributed by atoms with Crippen molar-refractivity contribution >= 4 is 5.84 Å². The molecule has 3 N–H and O–H groups in total. The van der Waals surface area contributed by atoms with Crippen molar-refractivity contribution in [2.45, 2.75) is 65.2 Å². The summed E-state index contributed by atoms with van der Waals surface area (Å²) in [5, 5.41) is 3.42. The fourth-order valence-electron chi connectivity index (χ4n) is 2.79. The molecule has 0 aliphatic heterocycles. The zero-order chi connectivity index (χ0) is 18.3. The Labute approximate surface area is 154 Å². The summed E-state index contributed by atoms with van der Waals surface area (Å²) in [6, 6.07) is 10.7. The third-order valence-electron chi connectivity index (χ3n) is 4.24. The van der Waals surface area contributed by atoms with E-state index in [1.165, 1.54) is 43.2 Å². The van der Waals surface area contributed by atoms with Crippen molar-refractivity contribution in [3.8, 4) is 0 Å². The predicted molar refractivity (Wildman–Crippen MR) is 111 cm³/mol. The van der Waals surface area contributed by atoms with Gasteiger partial charge in [-0.15, -0.1) is 0 Å². The molecule has 0 saturated carbocycles. The van der Waals surface area contributed by atoms with Crippen LogP contribution in [0, 0.1) is 0 Å². The maximum Gasteiger partial charge on any atom is 0.131 e. The van der Waals surface area contributed by atoms with E-state index >= 15 is 0 Å². The third-order valence-corrected chi connectivity index (χ3v) is 4.24. The number of nitrogens with one attached hydrogen (secondary N) is 1. The molecule has 3 nitrogen and oxygen atoms in total. The molecule has 0 aromatic heterocycles. The number of nitrogens with two attached hydrogens (primary N) is 1. The monoisotopic (exact) mass is 341 g/mol. The number of aryl methyl sites for hydroxylation is 1. The first-order valence-corrected chi connectivity index (χ1v) is 9.63. The molecule has 0 bridgehead atoms. The number of hydrogen-bond donors (Lipinski definition) is 2. The van der Waals surface area contributed by atoms with Crippen LogP contribution >= 0.6 is 0 Å². The minimum atomic E-state index is 0.362. The summed E-state index contributed by atoms with van der Waals surface area (Å²) in [6.45, 7) is 8.90. The smallest absolute Gasteiger partial charge is 0.131 e. The Balaban J connectivity index is 2.34. The van der Waals surface area contributed by atoms with Crippen LogP contribution in [0.25, 0.3) is 0 Å². The Morgan fingerprint density at radius 2 is 1.84 bits per heavy atom. The highest BCUT2D eigenvalue weighted by atomic mass is 15.0. The highest BCUT2D eigenvalue weighted by Crippen LogP contribution is 2.14. The minimum Gasteiger partial charge on any atom is -0.384 e. The number of allylic oxidation sites excluding steroid dienone is 1. The molecule has 0 aliphatic rings. The fourth-order valence-corrected chi connectivity index (χ4v) is 2.79. The van der Waals surface area contributed by atoms with Crippen LogP contribution in [0.2, 0.25) is 0 Å². The Morgan fingerprint density at radius 3 is 2.48 bits per heavy atom. The van der Waals surface area contributed by atoms with Crippen molar-refractivity contribution in [3.63, 3.8) is 0 Å². The summed E-state index contributed by atoms with van der Waals surface area (Å²) in [5.41, 5.74) is 8.37. The zero-order valence-electron chi connectivity index (χ0n) is 16.1. The number of amidine groups is 1. The summed E-state index contributed by atoms with van der Waals surface area (Å²) < 4.78 is 0. The molecule has 0 atom stereocenters. The average molecular weight is 342 g/mol. The van der Waals surface area contributed by atoms with Gasteiger partial charge in [0.15, 0.2) is 0 Å². The first-order valence-electron chi connectivity index (χ1n) is 9.63. The van der Waals surface area contributed by atoms with Crippen LogP contribution in [-0.2, 0) is 6.42 Å². The molecule has 0 aliphatic carbocycles. The van der Waals surface area contributed by atoms with E-state index in [-0.39, 0.29) is 0 Å². The maximum absolute atomic E-state index is 5.69. The van der Waals surface area contributed by atoms with Crippen molar-refractivity contribution in [3.05, 3.63) is 59.9 Å². The molecule has 0 fully saturated rings. The second-order valence-electron chi connectivity index (χ2n) is 6.45. The molecule has 1 aromatic rings. The second kappa shape index (κ2) is 13.3. The number of nitrogens with zero attached hydrogens (tertiary/aromatic N) is 1. The summed E-state index contributed by atoms with van der Waals surface area (Å²) in [5.74, 6) is 1.26. The van der Waals surface area contributed by atoms with E-state index in [1.54, 1.807) is 0 Å². The molecule has 138 valence electrons. The lowest BCUT2D eigenvalue weighted by molar-refractivity contribution is 0.641. The molecular weight excluding hydrogens is 306 g/mol. The Kier molecular flexibility index (Phi) is 11.2. The maximum atomic E-state index is 5.69. The highest BCUT2D eigenvalue weighted by molar-refractivity contribution is 5.98. The van der Waals surface area contributed by atoms with Crippen molar-refractivity contribution in [2.75, 3.05) is 6.54 Å². The van der Waals surface area contributed by atoms with Gasteiger partial charge in [-0.25, -0.2) is 4.99 Å². The molecule has 0 spiro atoms. The van der Waals surface area contributed by atoms with Crippen LogP contribution in [-0.4, -0.2) is 12.4 Å². The zero-order valence-corrected chi connectivity index (χ0v) is 16.1. The molecule has 0 saturated heterocycles. The lowest BCUT2D eigenvalue weighted by atomic mass is 10.0. The van der Waals surface area contributed by atoms with Gasteiger partial charge < -0.3 is 11.1 Å². The third kappa shape index (κ3) is 9.75. The summed E-state index contributed by atoms with van der Waals surface area (Å²) >= 11 is 0. The van der Waals surface area contributed by atoms with Crippen molar-refractivity contribution in [1.82, 2.24) is 5.32 Å². The second-order valence-corrected chi connectivity index (χ2v) is 6.45. The standard InChI is InChI=1S/C22H35N3/c1-4-6-18-24-22(25-19(3)23)21(5-2)17-13-8-7-10-14-20-15-11-9-12-16-20/h5,9,11-12,15-16H,3-4,6-8,10,13-14,17-18,23H2,1-2H3,(H,24,25)/b21-5-. The van der Waals surface area contributed by atoms with Gasteiger partial charge in [-0.05, 0) is 50.2 Å². The number of benzene rings is 1. The largest absolute Gasteiger partial charge is 0.384 e. The molecule has 1 aromatic carbocycles. The van der Waals surface area contributed by atoms with Crippen LogP contribution in [0.4, 0.5) is 0 Å². The Bertz CT molecular complexity index is 544. The van der Waals surface area contributed by atoms with Gasteiger partial charge in [0, 0.05) is 6.54 Å². The van der Waals surface area contributed by atoms with Gasteiger partial charge in [-0.3, -0.25) is 0 Å². The SMILES string of the molecule is C=C(N)/N=C(NCCCC)\C(=C/C)CCCCCCc1ccccc1. The molecule has 0 unspecified atom stereocenters. The molecule has 1 rings (SSSR count). The average Bonchev–Trinajstić information content (AvgIpc) is 2.61. The molecule has 3 heteroatoms. The van der Waals surface area contributed by atoms with Crippen LogP contribution in [0.3, 0.4) is 0 Å². The van der Waals surface area contributed by atoms with Gasteiger partial charge >= 0.3 is 0 Å². The van der Waals surface area contributed by atoms with E-state index in [0.29, 0.717) is 5.82 Å². The minimum absolute atomic E-state index is 0.362. The summed E-state index contributed by atoms with van der Waals surface area (Å²) in [6.07, 6.45) is 11.6. The molecule has 0 amide bonds. The van der Waals surface area contributed by atoms with Gasteiger partial charge in [-0.2, -0.15) is 0 Å². The van der Waals surface area contributed by atoms with Crippen molar-refractivity contribution in [1.29, 1.82) is 0 Å². The van der Waals surface area contributed by atoms with E-state index in [0.717, 1.165) is 31.6 Å². The topological polar surface area (TPSA) is 50.4 Å². The molecular formula is C22H35N3. The Morgan fingerprint density at radius 1 is 1.12 bits per heavy atom. The van der Waals surface area contributed by atoms with Gasteiger partial charge in [0.2, 0.25) is 0 Å². The quantitative estimate of drug-likeness (QED) is 0.306. The number of unbranched alkanes of at least 4 members (excludes halogenated alkanes) is 4. The van der Waals surface area contributed by atoms with Gasteiger partial charge in [-0.1, -0.05) is 69.2 Å². The highest BCUT2D eigenvalue weighted by Gasteiger charge is 2.06. The van der Waals surface area contributed by atoms with Crippen molar-refractivity contribution < 1.29 is 0 Å². The first kappa shape index (κ1) is 21.0. The van der Waals surface area contributed by atoms with Crippen molar-refractivity contribution in [2.24, 2.45) is 10.7 Å². The normalized spacial score (nSPS) is 12.2.